The van der Waals surface area contributed by atoms with Gasteiger partial charge >= 0.3 is 0 Å². The summed E-state index contributed by atoms with van der Waals surface area (Å²) in [6, 6.07) is 0. The van der Waals surface area contributed by atoms with Crippen molar-refractivity contribution in [1.29, 1.82) is 0 Å². The molecule has 0 rings (SSSR count). The summed E-state index contributed by atoms with van der Waals surface area (Å²) in [5.41, 5.74) is 0. The van der Waals surface area contributed by atoms with Gasteiger partial charge in [-0.05, 0) is 19.8 Å². The molecule has 0 aliphatic rings. The predicted octanol–water partition coefficient (Wildman–Crippen LogP) is 3.32. The Bertz CT molecular complexity index is 157. The van der Waals surface area contributed by atoms with Gasteiger partial charge in [0.05, 0.1) is 0 Å². The van der Waals surface area contributed by atoms with Crippen LogP contribution < -0.4 is 0 Å². The Kier molecular flexibility index (Phi) is 12.3. The largest absolute Gasteiger partial charge is 0.359 e. The van der Waals surface area contributed by atoms with Crippen LogP contribution in [0.2, 0.25) is 0 Å². The summed E-state index contributed by atoms with van der Waals surface area (Å²) < 4.78 is 9.98. The number of ether oxygens (including phenoxy) is 2. The van der Waals surface area contributed by atoms with Crippen LogP contribution in [0.3, 0.4) is 0 Å². The molecule has 0 unspecified atom stereocenters. The minimum absolute atomic E-state index is 0.315. The number of Topliss-reactive ketones (excluding diaryl/α,β-unsaturated/α-hetero) is 1. The van der Waals surface area contributed by atoms with Crippen molar-refractivity contribution in [2.45, 2.75) is 58.3 Å². The van der Waals surface area contributed by atoms with Crippen molar-refractivity contribution in [3.8, 4) is 0 Å². The zero-order chi connectivity index (χ0) is 12.1. The van der Waals surface area contributed by atoms with E-state index in [1.165, 1.54) is 32.1 Å². The number of hydrogen-bond acceptors (Lipinski definition) is 3. The first-order valence-corrected chi connectivity index (χ1v) is 6.33. The Hall–Kier alpha value is -0.410. The fourth-order valence-corrected chi connectivity index (χ4v) is 1.60. The molecule has 0 aliphatic heterocycles. The van der Waals surface area contributed by atoms with Crippen molar-refractivity contribution >= 4 is 5.78 Å². The zero-order valence-corrected chi connectivity index (χ0v) is 10.8. The summed E-state index contributed by atoms with van der Waals surface area (Å²) in [4.78, 5) is 10.7. The van der Waals surface area contributed by atoms with Crippen molar-refractivity contribution < 1.29 is 14.3 Å². The molecule has 0 spiro atoms. The van der Waals surface area contributed by atoms with E-state index in [1.807, 2.05) is 0 Å². The van der Waals surface area contributed by atoms with Crippen LogP contribution in [0.25, 0.3) is 0 Å². The van der Waals surface area contributed by atoms with Crippen LogP contribution in [0, 0.1) is 0 Å². The third-order valence-electron chi connectivity index (χ3n) is 2.52. The molecule has 0 saturated heterocycles. The second-order valence-corrected chi connectivity index (χ2v) is 4.24. The molecule has 0 aliphatic carbocycles. The van der Waals surface area contributed by atoms with Gasteiger partial charge in [-0.25, -0.2) is 0 Å². The van der Waals surface area contributed by atoms with Crippen molar-refractivity contribution in [3.05, 3.63) is 0 Å². The normalized spacial score (nSPS) is 10.6. The smallest absolute Gasteiger partial charge is 0.146 e. The molecule has 0 aromatic carbocycles. The summed E-state index contributed by atoms with van der Waals surface area (Å²) in [7, 11) is 1.64. The molecule has 0 fully saturated rings. The third-order valence-corrected chi connectivity index (χ3v) is 2.52. The van der Waals surface area contributed by atoms with E-state index in [4.69, 9.17) is 9.47 Å². The highest BCUT2D eigenvalue weighted by atomic mass is 16.7. The van der Waals surface area contributed by atoms with E-state index in [-0.39, 0.29) is 0 Å². The van der Waals surface area contributed by atoms with Gasteiger partial charge in [-0.2, -0.15) is 0 Å². The van der Waals surface area contributed by atoms with Gasteiger partial charge < -0.3 is 14.3 Å². The highest BCUT2D eigenvalue weighted by molar-refractivity contribution is 5.75. The van der Waals surface area contributed by atoms with Gasteiger partial charge in [-0.3, -0.25) is 0 Å². The highest BCUT2D eigenvalue weighted by Crippen LogP contribution is 2.08. The second-order valence-electron chi connectivity index (χ2n) is 4.24. The highest BCUT2D eigenvalue weighted by Gasteiger charge is 1.94. The number of methoxy groups -OCH3 is 1. The van der Waals surface area contributed by atoms with Gasteiger partial charge in [0.15, 0.2) is 0 Å². The topological polar surface area (TPSA) is 35.5 Å². The maximum atomic E-state index is 10.7. The Balaban J connectivity index is 2.90. The number of carbonyl (C=O) groups excluding carboxylic acids is 1. The lowest BCUT2D eigenvalue weighted by Crippen LogP contribution is -1.98. The SMILES string of the molecule is COCOCCCCCCCCCC(C)=O. The van der Waals surface area contributed by atoms with Gasteiger partial charge in [0.2, 0.25) is 0 Å². The average Bonchev–Trinajstić information content (AvgIpc) is 2.25. The van der Waals surface area contributed by atoms with Crippen LogP contribution in [0.1, 0.15) is 58.3 Å². The van der Waals surface area contributed by atoms with Crippen LogP contribution >= 0.6 is 0 Å². The van der Waals surface area contributed by atoms with E-state index < -0.39 is 0 Å². The zero-order valence-electron chi connectivity index (χ0n) is 10.8. The lowest BCUT2D eigenvalue weighted by molar-refractivity contribution is -0.117. The molecule has 16 heavy (non-hydrogen) atoms. The summed E-state index contributed by atoms with van der Waals surface area (Å²) >= 11 is 0. The van der Waals surface area contributed by atoms with Gasteiger partial charge in [0.25, 0.3) is 0 Å². The van der Waals surface area contributed by atoms with Crippen LogP contribution in [-0.4, -0.2) is 26.3 Å². The standard InChI is InChI=1S/C13H26O3/c1-13(14)10-8-6-4-3-5-7-9-11-16-12-15-2/h3-12H2,1-2H3. The van der Waals surface area contributed by atoms with E-state index in [0.717, 1.165) is 25.9 Å². The van der Waals surface area contributed by atoms with Gasteiger partial charge in [-0.15, -0.1) is 0 Å². The maximum Gasteiger partial charge on any atom is 0.146 e. The summed E-state index contributed by atoms with van der Waals surface area (Å²) in [5, 5.41) is 0. The van der Waals surface area contributed by atoms with E-state index in [1.54, 1.807) is 14.0 Å². The molecule has 0 amide bonds. The van der Waals surface area contributed by atoms with Gasteiger partial charge in [0, 0.05) is 20.1 Å². The second kappa shape index (κ2) is 12.7. The van der Waals surface area contributed by atoms with Crippen molar-refractivity contribution in [1.82, 2.24) is 0 Å². The van der Waals surface area contributed by atoms with Crippen molar-refractivity contribution in [3.63, 3.8) is 0 Å². The summed E-state index contributed by atoms with van der Waals surface area (Å²) in [6.45, 7) is 2.88. The number of rotatable bonds is 12. The summed E-state index contributed by atoms with van der Waals surface area (Å²) in [6.07, 6.45) is 9.18. The molecule has 0 saturated carbocycles. The van der Waals surface area contributed by atoms with Gasteiger partial charge in [0.1, 0.15) is 12.6 Å². The van der Waals surface area contributed by atoms with E-state index in [9.17, 15) is 4.79 Å². The van der Waals surface area contributed by atoms with Crippen LogP contribution in [0.15, 0.2) is 0 Å². The average molecular weight is 230 g/mol. The van der Waals surface area contributed by atoms with E-state index in [2.05, 4.69) is 0 Å². The molecular weight excluding hydrogens is 204 g/mol. The number of carbonyl (C=O) groups is 1. The summed E-state index contributed by atoms with van der Waals surface area (Å²) in [5.74, 6) is 0.315. The molecule has 0 atom stereocenters. The van der Waals surface area contributed by atoms with Crippen LogP contribution in [0.4, 0.5) is 0 Å². The minimum atomic E-state index is 0.315. The van der Waals surface area contributed by atoms with Crippen molar-refractivity contribution in [2.75, 3.05) is 20.5 Å². The van der Waals surface area contributed by atoms with Gasteiger partial charge in [-0.1, -0.05) is 32.1 Å². The fourth-order valence-electron chi connectivity index (χ4n) is 1.60. The van der Waals surface area contributed by atoms with Crippen LogP contribution in [-0.2, 0) is 14.3 Å². The Morgan fingerprint density at radius 2 is 1.50 bits per heavy atom. The lowest BCUT2D eigenvalue weighted by atomic mass is 10.1. The molecule has 0 radical (unpaired) electrons. The number of ketones is 1. The Morgan fingerprint density at radius 3 is 2.06 bits per heavy atom. The first kappa shape index (κ1) is 15.6. The molecule has 0 aromatic heterocycles. The molecular formula is C13H26O3. The molecule has 96 valence electrons. The molecule has 3 nitrogen and oxygen atoms in total. The minimum Gasteiger partial charge on any atom is -0.359 e. The molecule has 0 N–H and O–H groups in total. The lowest BCUT2D eigenvalue weighted by Gasteiger charge is -2.03. The van der Waals surface area contributed by atoms with E-state index >= 15 is 0 Å². The van der Waals surface area contributed by atoms with E-state index in [0.29, 0.717) is 12.6 Å². The predicted molar refractivity (Wildman–Crippen MR) is 65.4 cm³/mol. The fraction of sp³-hybridized carbons (Fsp3) is 0.923. The quantitative estimate of drug-likeness (QED) is 0.381. The first-order valence-electron chi connectivity index (χ1n) is 6.33. The molecule has 3 heteroatoms. The number of hydrogen-bond donors (Lipinski definition) is 0. The Morgan fingerprint density at radius 1 is 0.938 bits per heavy atom. The maximum absolute atomic E-state index is 10.7. The molecule has 0 bridgehead atoms. The van der Waals surface area contributed by atoms with Crippen LogP contribution in [0.5, 0.6) is 0 Å². The Labute approximate surface area is 99.5 Å². The number of unbranched alkanes of at least 4 members (excludes halogenated alkanes) is 6. The monoisotopic (exact) mass is 230 g/mol. The molecule has 0 heterocycles. The van der Waals surface area contributed by atoms with Crippen molar-refractivity contribution in [2.24, 2.45) is 0 Å². The third kappa shape index (κ3) is 13.6. The molecule has 0 aromatic rings. The first-order chi connectivity index (χ1) is 7.77.